The van der Waals surface area contributed by atoms with Crippen molar-refractivity contribution >= 4 is 16.9 Å². The van der Waals surface area contributed by atoms with Gasteiger partial charge in [0.2, 0.25) is 5.82 Å². The summed E-state index contributed by atoms with van der Waals surface area (Å²) in [6.45, 7) is 0. The van der Waals surface area contributed by atoms with Crippen molar-refractivity contribution in [3.63, 3.8) is 0 Å². The first-order valence-corrected chi connectivity index (χ1v) is 5.84. The number of allylic oxidation sites excluding steroid dienone is 1. The number of nitrogens with one attached hydrogen (secondary N) is 2. The number of nitrogens with zero attached hydrogens (tertiary/aromatic N) is 7. The second kappa shape index (κ2) is 6.43. The number of aromatic amines is 1. The summed E-state index contributed by atoms with van der Waals surface area (Å²) in [4.78, 5) is 10.4. The van der Waals surface area contributed by atoms with Gasteiger partial charge in [-0.25, -0.2) is 0 Å². The van der Waals surface area contributed by atoms with Crippen molar-refractivity contribution in [1.82, 2.24) is 20.6 Å². The van der Waals surface area contributed by atoms with E-state index in [9.17, 15) is 10.1 Å². The van der Waals surface area contributed by atoms with Crippen molar-refractivity contribution in [2.24, 2.45) is 0 Å². The molecule has 23 heavy (non-hydrogen) atoms. The maximum absolute atomic E-state index is 11.1. The van der Waals surface area contributed by atoms with E-state index in [0.717, 1.165) is 18.3 Å². The van der Waals surface area contributed by atoms with E-state index in [-0.39, 0.29) is 28.2 Å². The third-order valence-corrected chi connectivity index (χ3v) is 2.65. The molecule has 2 rings (SSSR count). The molecule has 110 valence electrons. The minimum absolute atomic E-state index is 0.00296. The number of nitriles is 3. The van der Waals surface area contributed by atoms with Gasteiger partial charge in [-0.15, -0.1) is 10.2 Å². The van der Waals surface area contributed by atoms with Crippen LogP contribution in [0.5, 0.6) is 0 Å². The van der Waals surface area contributed by atoms with Crippen molar-refractivity contribution in [3.05, 3.63) is 45.4 Å². The Morgan fingerprint density at radius 2 is 2.00 bits per heavy atom. The molecule has 2 N–H and O–H groups in total. The quantitative estimate of drug-likeness (QED) is 0.469. The predicted octanol–water partition coefficient (Wildman–Crippen LogP) is 0.828. The zero-order valence-electron chi connectivity index (χ0n) is 11.2. The number of hydrogen-bond acceptors (Lipinski definition) is 9. The molecule has 0 fully saturated rings. The molecule has 0 saturated carbocycles. The fourth-order valence-electron chi connectivity index (χ4n) is 1.61. The molecule has 0 spiro atoms. The lowest BCUT2D eigenvalue weighted by Crippen LogP contribution is -2.00. The number of tetrazole rings is 1. The molecule has 0 aliphatic heterocycles. The second-order valence-electron chi connectivity index (χ2n) is 3.95. The predicted molar refractivity (Wildman–Crippen MR) is 73.9 cm³/mol. The Kier molecular flexibility index (Phi) is 4.22. The number of rotatable bonds is 4. The van der Waals surface area contributed by atoms with Crippen LogP contribution in [0.25, 0.3) is 5.57 Å². The molecule has 0 amide bonds. The molecule has 0 unspecified atom stereocenters. The van der Waals surface area contributed by atoms with Gasteiger partial charge in [0.25, 0.3) is 5.69 Å². The average molecular weight is 307 g/mol. The topological polar surface area (TPSA) is 181 Å². The SMILES string of the molecule is N#CC(=CNc1cc(C#N)c(C#N)cc1[N+](=O)[O-])c1nn[nH]n1. The highest BCUT2D eigenvalue weighted by Crippen LogP contribution is 2.28. The Labute approximate surface area is 128 Å². The molecule has 0 saturated heterocycles. The highest BCUT2D eigenvalue weighted by Gasteiger charge is 2.18. The van der Waals surface area contributed by atoms with Gasteiger partial charge >= 0.3 is 0 Å². The summed E-state index contributed by atoms with van der Waals surface area (Å²) in [6.07, 6.45) is 1.14. The Hall–Kier alpha value is -4.30. The van der Waals surface area contributed by atoms with E-state index in [2.05, 4.69) is 25.9 Å². The summed E-state index contributed by atoms with van der Waals surface area (Å²) < 4.78 is 0. The van der Waals surface area contributed by atoms with Crippen LogP contribution in [0.1, 0.15) is 17.0 Å². The summed E-state index contributed by atoms with van der Waals surface area (Å²) in [5.41, 5.74) is -0.653. The molecule has 11 heteroatoms. The minimum Gasteiger partial charge on any atom is -0.355 e. The van der Waals surface area contributed by atoms with Crippen LogP contribution in [0.2, 0.25) is 0 Å². The van der Waals surface area contributed by atoms with E-state index in [1.54, 1.807) is 18.2 Å². The highest BCUT2D eigenvalue weighted by molar-refractivity contribution is 5.76. The number of nitro groups is 1. The molecule has 1 heterocycles. The Morgan fingerprint density at radius 1 is 1.30 bits per heavy atom. The second-order valence-corrected chi connectivity index (χ2v) is 3.95. The molecule has 0 atom stereocenters. The standard InChI is InChI=1S/C12H5N9O2/c13-3-7-1-10(11(21(22)23)2-8(7)4-14)16-6-9(5-15)12-17-19-20-18-12/h1-2,6,16H,(H,17,18,19,20). The summed E-state index contributed by atoms with van der Waals surface area (Å²) >= 11 is 0. The van der Waals surface area contributed by atoms with Gasteiger partial charge < -0.3 is 5.32 Å². The number of hydrogen-bond donors (Lipinski definition) is 2. The molecule has 0 bridgehead atoms. The maximum Gasteiger partial charge on any atom is 0.294 e. The van der Waals surface area contributed by atoms with Crippen molar-refractivity contribution in [1.29, 1.82) is 15.8 Å². The van der Waals surface area contributed by atoms with Gasteiger partial charge in [-0.2, -0.15) is 21.0 Å². The molecule has 0 aliphatic rings. The van der Waals surface area contributed by atoms with Gasteiger partial charge in [0.1, 0.15) is 29.5 Å². The number of benzene rings is 1. The smallest absolute Gasteiger partial charge is 0.294 e. The van der Waals surface area contributed by atoms with Crippen LogP contribution in [0.15, 0.2) is 18.3 Å². The van der Waals surface area contributed by atoms with Crippen molar-refractivity contribution in [2.45, 2.75) is 0 Å². The number of aromatic nitrogens is 4. The fourth-order valence-corrected chi connectivity index (χ4v) is 1.61. The third-order valence-electron chi connectivity index (χ3n) is 2.65. The number of anilines is 1. The lowest BCUT2D eigenvalue weighted by Gasteiger charge is -2.04. The summed E-state index contributed by atoms with van der Waals surface area (Å²) in [6, 6.07) is 7.42. The molecule has 11 nitrogen and oxygen atoms in total. The van der Waals surface area contributed by atoms with Crippen molar-refractivity contribution in [3.8, 4) is 18.2 Å². The lowest BCUT2D eigenvalue weighted by molar-refractivity contribution is -0.383. The first kappa shape index (κ1) is 15.1. The van der Waals surface area contributed by atoms with Gasteiger partial charge in [-0.05, 0) is 11.3 Å². The van der Waals surface area contributed by atoms with Crippen molar-refractivity contribution in [2.75, 3.05) is 5.32 Å². The highest BCUT2D eigenvalue weighted by atomic mass is 16.6. The van der Waals surface area contributed by atoms with Crippen LogP contribution in [-0.2, 0) is 0 Å². The van der Waals surface area contributed by atoms with Gasteiger partial charge in [0.05, 0.1) is 16.1 Å². The molecule has 1 aromatic heterocycles. The molecular weight excluding hydrogens is 302 g/mol. The summed E-state index contributed by atoms with van der Waals surface area (Å²) in [5.74, 6) is -0.00296. The van der Waals surface area contributed by atoms with Gasteiger partial charge in [-0.3, -0.25) is 10.1 Å². The van der Waals surface area contributed by atoms with Crippen LogP contribution in [0, 0.1) is 44.1 Å². The Morgan fingerprint density at radius 3 is 2.52 bits per heavy atom. The average Bonchev–Trinajstić information content (AvgIpc) is 3.08. The molecular formula is C12H5N9O2. The number of H-pyrrole nitrogens is 1. The van der Waals surface area contributed by atoms with Gasteiger partial charge in [0, 0.05) is 12.3 Å². The molecule has 0 radical (unpaired) electrons. The van der Waals surface area contributed by atoms with Gasteiger partial charge in [-0.1, -0.05) is 0 Å². The monoisotopic (exact) mass is 307 g/mol. The summed E-state index contributed by atoms with van der Waals surface area (Å²) in [7, 11) is 0. The van der Waals surface area contributed by atoms with E-state index >= 15 is 0 Å². The zero-order valence-corrected chi connectivity index (χ0v) is 11.2. The Bertz CT molecular complexity index is 910. The van der Waals surface area contributed by atoms with E-state index in [4.69, 9.17) is 15.8 Å². The van der Waals surface area contributed by atoms with Crippen LogP contribution >= 0.6 is 0 Å². The molecule has 2 aromatic rings. The lowest BCUT2D eigenvalue weighted by atomic mass is 10.1. The first-order chi connectivity index (χ1) is 11.1. The van der Waals surface area contributed by atoms with E-state index < -0.39 is 10.6 Å². The van der Waals surface area contributed by atoms with Crippen LogP contribution in [0.3, 0.4) is 0 Å². The van der Waals surface area contributed by atoms with Crippen LogP contribution in [0.4, 0.5) is 11.4 Å². The van der Waals surface area contributed by atoms with E-state index in [0.29, 0.717) is 0 Å². The number of nitro benzene ring substituents is 1. The maximum atomic E-state index is 11.1. The zero-order chi connectivity index (χ0) is 16.8. The first-order valence-electron chi connectivity index (χ1n) is 5.84. The Balaban J connectivity index is 2.47. The largest absolute Gasteiger partial charge is 0.355 e. The van der Waals surface area contributed by atoms with Crippen LogP contribution in [-0.4, -0.2) is 25.5 Å². The van der Waals surface area contributed by atoms with Gasteiger partial charge in [0.15, 0.2) is 0 Å². The van der Waals surface area contributed by atoms with Crippen LogP contribution < -0.4 is 5.32 Å². The third kappa shape index (κ3) is 3.07. The van der Waals surface area contributed by atoms with E-state index in [1.807, 2.05) is 0 Å². The minimum atomic E-state index is -0.710. The summed E-state index contributed by atoms with van der Waals surface area (Å²) in [5, 5.41) is 53.2. The normalized spacial score (nSPS) is 10.2. The van der Waals surface area contributed by atoms with Crippen molar-refractivity contribution < 1.29 is 4.92 Å². The molecule has 1 aromatic carbocycles. The molecule has 0 aliphatic carbocycles. The fraction of sp³-hybridized carbons (Fsp3) is 0. The van der Waals surface area contributed by atoms with E-state index in [1.165, 1.54) is 0 Å².